The SMILES string of the molecule is CC(C)C(CCC(=O)Nc1cncc(C(=O)O)c1N)NC(=O)C(N)C1CCCCC1. The molecule has 1 saturated carbocycles. The monoisotopic (exact) mass is 419 g/mol. The Balaban J connectivity index is 1.91. The second-order valence-electron chi connectivity index (χ2n) is 8.32. The van der Waals surface area contributed by atoms with E-state index in [0.29, 0.717) is 6.42 Å². The van der Waals surface area contributed by atoms with Gasteiger partial charge in [0.05, 0.1) is 23.6 Å². The average Bonchev–Trinajstić information content (AvgIpc) is 2.72. The van der Waals surface area contributed by atoms with Gasteiger partial charge in [-0.1, -0.05) is 33.1 Å². The molecule has 2 amide bonds. The van der Waals surface area contributed by atoms with Crippen molar-refractivity contribution in [3.8, 4) is 0 Å². The second kappa shape index (κ2) is 10.9. The fourth-order valence-corrected chi connectivity index (χ4v) is 3.80. The van der Waals surface area contributed by atoms with E-state index in [2.05, 4.69) is 15.6 Å². The first-order chi connectivity index (χ1) is 14.2. The van der Waals surface area contributed by atoms with Crippen LogP contribution in [0.5, 0.6) is 0 Å². The van der Waals surface area contributed by atoms with Crippen LogP contribution >= 0.6 is 0 Å². The van der Waals surface area contributed by atoms with Gasteiger partial charge in [0, 0.05) is 18.7 Å². The number of rotatable bonds is 9. The molecule has 1 aromatic rings. The molecule has 1 aliphatic rings. The molecule has 9 heteroatoms. The van der Waals surface area contributed by atoms with Crippen LogP contribution in [0, 0.1) is 11.8 Å². The number of amides is 2. The summed E-state index contributed by atoms with van der Waals surface area (Å²) in [5.41, 5.74) is 11.9. The van der Waals surface area contributed by atoms with Gasteiger partial charge in [-0.05, 0) is 31.1 Å². The van der Waals surface area contributed by atoms with Gasteiger partial charge in [0.15, 0.2) is 0 Å². The molecule has 0 radical (unpaired) electrons. The third-order valence-electron chi connectivity index (χ3n) is 5.77. The van der Waals surface area contributed by atoms with E-state index in [1.807, 2.05) is 13.8 Å². The van der Waals surface area contributed by atoms with Gasteiger partial charge in [-0.3, -0.25) is 14.6 Å². The molecule has 1 aromatic heterocycles. The molecule has 0 aliphatic heterocycles. The van der Waals surface area contributed by atoms with Crippen LogP contribution in [0.1, 0.15) is 69.2 Å². The van der Waals surface area contributed by atoms with Crippen molar-refractivity contribution < 1.29 is 19.5 Å². The lowest BCUT2D eigenvalue weighted by molar-refractivity contribution is -0.125. The third kappa shape index (κ3) is 6.41. The zero-order chi connectivity index (χ0) is 22.3. The zero-order valence-electron chi connectivity index (χ0n) is 17.7. The van der Waals surface area contributed by atoms with Crippen LogP contribution in [0.25, 0.3) is 0 Å². The largest absolute Gasteiger partial charge is 0.478 e. The topological polar surface area (TPSA) is 160 Å². The first kappa shape index (κ1) is 23.6. The van der Waals surface area contributed by atoms with Gasteiger partial charge in [0.1, 0.15) is 5.56 Å². The number of anilines is 2. The number of carboxylic acids is 1. The molecule has 0 bridgehead atoms. The first-order valence-electron chi connectivity index (χ1n) is 10.5. The zero-order valence-corrected chi connectivity index (χ0v) is 17.7. The van der Waals surface area contributed by atoms with Crippen LogP contribution in [-0.4, -0.2) is 40.0 Å². The molecule has 30 heavy (non-hydrogen) atoms. The highest BCUT2D eigenvalue weighted by atomic mass is 16.4. The number of hydrogen-bond donors (Lipinski definition) is 5. The molecule has 1 heterocycles. The lowest BCUT2D eigenvalue weighted by Crippen LogP contribution is -2.50. The Kier molecular flexibility index (Phi) is 8.58. The lowest BCUT2D eigenvalue weighted by atomic mass is 9.83. The summed E-state index contributed by atoms with van der Waals surface area (Å²) in [7, 11) is 0. The second-order valence-corrected chi connectivity index (χ2v) is 8.32. The molecule has 9 nitrogen and oxygen atoms in total. The fourth-order valence-electron chi connectivity index (χ4n) is 3.80. The van der Waals surface area contributed by atoms with Crippen LogP contribution < -0.4 is 22.1 Å². The van der Waals surface area contributed by atoms with Gasteiger partial charge >= 0.3 is 5.97 Å². The van der Waals surface area contributed by atoms with Gasteiger partial charge < -0.3 is 27.2 Å². The number of aromatic nitrogens is 1. The van der Waals surface area contributed by atoms with Crippen LogP contribution in [0.4, 0.5) is 11.4 Å². The minimum atomic E-state index is -1.21. The highest BCUT2D eigenvalue weighted by Crippen LogP contribution is 2.26. The summed E-state index contributed by atoms with van der Waals surface area (Å²) in [5.74, 6) is -1.37. The average molecular weight is 420 g/mol. The molecule has 7 N–H and O–H groups in total. The standard InChI is InChI=1S/C21H33N5O4/c1-12(2)15(26-20(28)18(22)13-6-4-3-5-7-13)8-9-17(27)25-16-11-24-10-14(19(16)23)21(29)30/h10-13,15,18H,3-9,22H2,1-2H3,(H2,23,24)(H,25,27)(H,26,28)(H,29,30). The summed E-state index contributed by atoms with van der Waals surface area (Å²) in [6, 6.07) is -0.719. The van der Waals surface area contributed by atoms with Crippen molar-refractivity contribution >= 4 is 29.2 Å². The Morgan fingerprint density at radius 2 is 1.87 bits per heavy atom. The van der Waals surface area contributed by atoms with Crippen molar-refractivity contribution in [2.45, 2.75) is 70.9 Å². The molecule has 0 saturated heterocycles. The maximum Gasteiger partial charge on any atom is 0.339 e. The molecule has 1 fully saturated rings. The summed E-state index contributed by atoms with van der Waals surface area (Å²) < 4.78 is 0. The molecular formula is C21H33N5O4. The molecule has 166 valence electrons. The van der Waals surface area contributed by atoms with E-state index < -0.39 is 12.0 Å². The molecule has 2 rings (SSSR count). The number of nitrogens with zero attached hydrogens (tertiary/aromatic N) is 1. The third-order valence-corrected chi connectivity index (χ3v) is 5.77. The van der Waals surface area contributed by atoms with E-state index in [4.69, 9.17) is 16.6 Å². The number of carbonyl (C=O) groups is 3. The van der Waals surface area contributed by atoms with Crippen LogP contribution in [-0.2, 0) is 9.59 Å². The maximum absolute atomic E-state index is 12.6. The van der Waals surface area contributed by atoms with Gasteiger partial charge in [-0.2, -0.15) is 0 Å². The first-order valence-corrected chi connectivity index (χ1v) is 10.5. The van der Waals surface area contributed by atoms with E-state index in [1.165, 1.54) is 12.6 Å². The van der Waals surface area contributed by atoms with E-state index in [9.17, 15) is 14.4 Å². The van der Waals surface area contributed by atoms with Crippen LogP contribution in [0.3, 0.4) is 0 Å². The highest BCUT2D eigenvalue weighted by Gasteiger charge is 2.28. The molecule has 0 spiro atoms. The lowest BCUT2D eigenvalue weighted by Gasteiger charge is -2.29. The quantitative estimate of drug-likeness (QED) is 0.409. The number of hydrogen-bond acceptors (Lipinski definition) is 6. The smallest absolute Gasteiger partial charge is 0.339 e. The van der Waals surface area contributed by atoms with Gasteiger partial charge in [0.25, 0.3) is 0 Å². The van der Waals surface area contributed by atoms with E-state index in [-0.39, 0.29) is 53.1 Å². The molecular weight excluding hydrogens is 386 g/mol. The number of pyridine rings is 1. The number of aromatic carboxylic acids is 1. The van der Waals surface area contributed by atoms with Crippen LogP contribution in [0.15, 0.2) is 12.4 Å². The number of nitrogens with two attached hydrogens (primary N) is 2. The van der Waals surface area contributed by atoms with Crippen molar-refractivity contribution in [3.05, 3.63) is 18.0 Å². The Hall–Kier alpha value is -2.68. The minimum absolute atomic E-state index is 0.0435. The molecule has 2 unspecified atom stereocenters. The Morgan fingerprint density at radius 1 is 1.20 bits per heavy atom. The molecule has 2 atom stereocenters. The Morgan fingerprint density at radius 3 is 2.47 bits per heavy atom. The van der Waals surface area contributed by atoms with Gasteiger partial charge in [0.2, 0.25) is 11.8 Å². The Bertz CT molecular complexity index is 762. The molecule has 1 aliphatic carbocycles. The Labute approximate surface area is 177 Å². The van der Waals surface area contributed by atoms with E-state index >= 15 is 0 Å². The summed E-state index contributed by atoms with van der Waals surface area (Å²) in [6.07, 6.45) is 8.39. The van der Waals surface area contributed by atoms with Gasteiger partial charge in [-0.15, -0.1) is 0 Å². The number of nitrogen functional groups attached to an aromatic ring is 1. The number of nitrogens with one attached hydrogen (secondary N) is 2. The minimum Gasteiger partial charge on any atom is -0.478 e. The number of carboxylic acid groups (broad SMARTS) is 1. The summed E-state index contributed by atoms with van der Waals surface area (Å²) in [5, 5.41) is 14.7. The van der Waals surface area contributed by atoms with Crippen molar-refractivity contribution in [1.29, 1.82) is 0 Å². The van der Waals surface area contributed by atoms with Crippen molar-refractivity contribution in [2.24, 2.45) is 17.6 Å². The fraction of sp³-hybridized carbons (Fsp3) is 0.619. The predicted molar refractivity (Wildman–Crippen MR) is 115 cm³/mol. The highest BCUT2D eigenvalue weighted by molar-refractivity contribution is 6.00. The number of carbonyl (C=O) groups excluding carboxylic acids is 2. The normalized spacial score (nSPS) is 16.7. The van der Waals surface area contributed by atoms with Crippen LogP contribution in [0.2, 0.25) is 0 Å². The van der Waals surface area contributed by atoms with E-state index in [0.717, 1.165) is 31.9 Å². The molecule has 0 aromatic carbocycles. The predicted octanol–water partition coefficient (Wildman–Crippen LogP) is 2.13. The summed E-state index contributed by atoms with van der Waals surface area (Å²) in [6.45, 7) is 3.96. The van der Waals surface area contributed by atoms with Gasteiger partial charge in [-0.25, -0.2) is 4.79 Å². The maximum atomic E-state index is 12.6. The van der Waals surface area contributed by atoms with Crippen molar-refractivity contribution in [3.63, 3.8) is 0 Å². The summed E-state index contributed by atoms with van der Waals surface area (Å²) in [4.78, 5) is 39.9. The van der Waals surface area contributed by atoms with Crippen molar-refractivity contribution in [2.75, 3.05) is 11.1 Å². The summed E-state index contributed by atoms with van der Waals surface area (Å²) >= 11 is 0. The van der Waals surface area contributed by atoms with E-state index in [1.54, 1.807) is 0 Å². The van der Waals surface area contributed by atoms with Crippen molar-refractivity contribution in [1.82, 2.24) is 10.3 Å².